The first-order valence-electron chi connectivity index (χ1n) is 6.91. The molecule has 0 amide bonds. The van der Waals surface area contributed by atoms with Gasteiger partial charge in [0.1, 0.15) is 36.6 Å². The van der Waals surface area contributed by atoms with E-state index < -0.39 is 66.6 Å². The van der Waals surface area contributed by atoms with Gasteiger partial charge in [0.25, 0.3) is 0 Å². The predicted molar refractivity (Wildman–Crippen MR) is 79.5 cm³/mol. The molecule has 8 nitrogen and oxygen atoms in total. The number of rotatable bonds is 5. The lowest BCUT2D eigenvalue weighted by atomic mass is 10.0. The van der Waals surface area contributed by atoms with E-state index in [9.17, 15) is 25.5 Å². The van der Waals surface area contributed by atoms with Crippen molar-refractivity contribution in [2.24, 2.45) is 0 Å². The second kappa shape index (κ2) is 7.84. The van der Waals surface area contributed by atoms with Crippen LogP contribution in [0.15, 0.2) is 0 Å². The van der Waals surface area contributed by atoms with Crippen LogP contribution in [0.2, 0.25) is 0 Å². The minimum atomic E-state index is -1.90. The van der Waals surface area contributed by atoms with Crippen molar-refractivity contribution >= 4 is 34.8 Å². The van der Waals surface area contributed by atoms with Gasteiger partial charge in [-0.25, -0.2) is 0 Å². The molecular weight excluding hydrogens is 378 g/mol. The number of ether oxygens (including phenoxy) is 3. The predicted octanol–water partition coefficient (Wildman–Crippen LogP) is -1.66. The quantitative estimate of drug-likeness (QED) is 0.349. The second-order valence-electron chi connectivity index (χ2n) is 5.46. The van der Waals surface area contributed by atoms with Crippen LogP contribution in [0.25, 0.3) is 0 Å². The van der Waals surface area contributed by atoms with Crippen molar-refractivity contribution in [3.8, 4) is 0 Å². The number of alkyl halides is 3. The van der Waals surface area contributed by atoms with E-state index in [4.69, 9.17) is 49.0 Å². The van der Waals surface area contributed by atoms with Gasteiger partial charge in [-0.15, -0.1) is 34.8 Å². The van der Waals surface area contributed by atoms with Gasteiger partial charge in [0.2, 0.25) is 5.79 Å². The van der Waals surface area contributed by atoms with Gasteiger partial charge in [-0.2, -0.15) is 0 Å². The second-order valence-corrected chi connectivity index (χ2v) is 6.54. The van der Waals surface area contributed by atoms with Gasteiger partial charge in [0, 0.05) is 0 Å². The third kappa shape index (κ3) is 3.58. The molecule has 11 heteroatoms. The van der Waals surface area contributed by atoms with E-state index in [0.29, 0.717) is 0 Å². The molecular formula is C12H19Cl3O8. The highest BCUT2D eigenvalue weighted by Crippen LogP contribution is 2.37. The maximum absolute atomic E-state index is 10.1. The first kappa shape index (κ1) is 19.9. The van der Waals surface area contributed by atoms with Crippen LogP contribution in [0.5, 0.6) is 0 Å². The largest absolute Gasteiger partial charge is 0.394 e. The van der Waals surface area contributed by atoms with Crippen molar-refractivity contribution in [1.82, 2.24) is 0 Å². The molecule has 23 heavy (non-hydrogen) atoms. The highest BCUT2D eigenvalue weighted by molar-refractivity contribution is 6.21. The first-order chi connectivity index (χ1) is 10.8. The Hall–Kier alpha value is 0.550. The van der Waals surface area contributed by atoms with Crippen molar-refractivity contribution in [3.05, 3.63) is 0 Å². The van der Waals surface area contributed by atoms with Crippen LogP contribution < -0.4 is 0 Å². The van der Waals surface area contributed by atoms with Gasteiger partial charge in [-0.1, -0.05) is 0 Å². The molecule has 5 N–H and O–H groups in total. The van der Waals surface area contributed by atoms with Gasteiger partial charge in [-0.05, 0) is 0 Å². The van der Waals surface area contributed by atoms with Crippen molar-refractivity contribution in [2.75, 3.05) is 18.4 Å². The van der Waals surface area contributed by atoms with Crippen LogP contribution in [0, 0.1) is 0 Å². The molecule has 2 aliphatic rings. The molecule has 2 heterocycles. The van der Waals surface area contributed by atoms with E-state index >= 15 is 0 Å². The van der Waals surface area contributed by atoms with E-state index in [1.54, 1.807) is 0 Å². The Morgan fingerprint density at radius 2 is 1.65 bits per heavy atom. The third-order valence-corrected chi connectivity index (χ3v) is 5.17. The highest BCUT2D eigenvalue weighted by Gasteiger charge is 2.58. The summed E-state index contributed by atoms with van der Waals surface area (Å²) in [6.07, 6.45) is -9.39. The van der Waals surface area contributed by atoms with Crippen LogP contribution in [0.4, 0.5) is 0 Å². The Labute approximate surface area is 147 Å². The van der Waals surface area contributed by atoms with Gasteiger partial charge >= 0.3 is 0 Å². The molecule has 0 aliphatic carbocycles. The fourth-order valence-corrected chi connectivity index (χ4v) is 3.37. The fourth-order valence-electron chi connectivity index (χ4n) is 2.56. The Kier molecular flexibility index (Phi) is 6.77. The zero-order valence-corrected chi connectivity index (χ0v) is 14.1. The number of aliphatic hydroxyl groups excluding tert-OH is 5. The summed E-state index contributed by atoms with van der Waals surface area (Å²) >= 11 is 17.3. The lowest BCUT2D eigenvalue weighted by Crippen LogP contribution is -2.61. The van der Waals surface area contributed by atoms with Crippen molar-refractivity contribution < 1.29 is 39.7 Å². The van der Waals surface area contributed by atoms with E-state index in [2.05, 4.69) is 0 Å². The Balaban J connectivity index is 2.18. The summed E-state index contributed by atoms with van der Waals surface area (Å²) in [5.41, 5.74) is 0. The summed E-state index contributed by atoms with van der Waals surface area (Å²) in [7, 11) is 0. The summed E-state index contributed by atoms with van der Waals surface area (Å²) in [4.78, 5) is 0. The number of hydrogen-bond donors (Lipinski definition) is 5. The lowest BCUT2D eigenvalue weighted by Gasteiger charge is -2.43. The van der Waals surface area contributed by atoms with Crippen LogP contribution in [0.3, 0.4) is 0 Å². The van der Waals surface area contributed by atoms with E-state index in [1.165, 1.54) is 0 Å². The average molecular weight is 398 g/mol. The van der Waals surface area contributed by atoms with E-state index in [-0.39, 0.29) is 5.88 Å². The zero-order chi connectivity index (χ0) is 17.4. The van der Waals surface area contributed by atoms with Crippen LogP contribution in [-0.4, -0.2) is 98.0 Å². The summed E-state index contributed by atoms with van der Waals surface area (Å²) in [5, 5.41) is 48.1. The zero-order valence-electron chi connectivity index (χ0n) is 11.8. The Morgan fingerprint density at radius 1 is 1.00 bits per heavy atom. The van der Waals surface area contributed by atoms with Crippen LogP contribution >= 0.6 is 34.8 Å². The molecule has 2 fully saturated rings. The lowest BCUT2D eigenvalue weighted by molar-refractivity contribution is -0.357. The number of hydrogen-bond acceptors (Lipinski definition) is 8. The molecule has 4 unspecified atom stereocenters. The third-order valence-electron chi connectivity index (χ3n) is 3.96. The minimum Gasteiger partial charge on any atom is -0.394 e. The monoisotopic (exact) mass is 396 g/mol. The van der Waals surface area contributed by atoms with Crippen LogP contribution in [-0.2, 0) is 14.2 Å². The topological polar surface area (TPSA) is 129 Å². The molecule has 0 aromatic rings. The van der Waals surface area contributed by atoms with Gasteiger partial charge in [-0.3, -0.25) is 0 Å². The molecule has 0 spiro atoms. The van der Waals surface area contributed by atoms with Crippen molar-refractivity contribution in [1.29, 1.82) is 0 Å². The molecule has 9 atom stereocenters. The molecule has 0 aromatic heterocycles. The van der Waals surface area contributed by atoms with Gasteiger partial charge in [0.15, 0.2) is 6.29 Å². The van der Waals surface area contributed by atoms with Crippen LogP contribution in [0.1, 0.15) is 0 Å². The Morgan fingerprint density at radius 3 is 2.13 bits per heavy atom. The van der Waals surface area contributed by atoms with E-state index in [1.807, 2.05) is 0 Å². The minimum absolute atomic E-state index is 0.125. The fraction of sp³-hybridized carbons (Fsp3) is 1.00. The van der Waals surface area contributed by atoms with E-state index in [0.717, 1.165) is 0 Å². The number of halogens is 3. The normalized spacial score (nSPS) is 51.1. The Bertz CT molecular complexity index is 403. The molecule has 0 radical (unpaired) electrons. The van der Waals surface area contributed by atoms with Gasteiger partial charge in [0.05, 0.1) is 23.7 Å². The molecule has 0 saturated carbocycles. The SMILES string of the molecule is OCC1O[C@H](O[C@@]2(CCl)O[C@H](CCl)[C@H](O)C2O)C(O)C(O)[C@H]1Cl. The summed E-state index contributed by atoms with van der Waals surface area (Å²) < 4.78 is 16.1. The van der Waals surface area contributed by atoms with Crippen molar-refractivity contribution in [3.63, 3.8) is 0 Å². The molecule has 2 saturated heterocycles. The summed E-state index contributed by atoms with van der Waals surface area (Å²) in [5.74, 6) is -2.43. The van der Waals surface area contributed by atoms with Crippen molar-refractivity contribution in [2.45, 2.75) is 54.1 Å². The average Bonchev–Trinajstić information content (AvgIpc) is 2.80. The standard InChI is InChI=1S/C12H19Cl3O8/c13-1-4-7(17)10(20)12(3-14,22-4)23-11-9(19)8(18)6(15)5(2-16)21-11/h4-11,16-20H,1-3H2/t4-,5?,6+,7+,8?,9?,10?,11-,12-/m1/s1. The molecule has 0 aromatic carbocycles. The maximum atomic E-state index is 10.1. The highest BCUT2D eigenvalue weighted by atomic mass is 35.5. The molecule has 2 aliphatic heterocycles. The molecule has 2 rings (SSSR count). The summed E-state index contributed by atoms with van der Waals surface area (Å²) in [6, 6.07) is 0. The number of aliphatic hydroxyl groups is 5. The maximum Gasteiger partial charge on any atom is 0.214 e. The molecule has 0 bridgehead atoms. The smallest absolute Gasteiger partial charge is 0.214 e. The first-order valence-corrected chi connectivity index (χ1v) is 8.42. The van der Waals surface area contributed by atoms with Gasteiger partial charge < -0.3 is 39.7 Å². The summed E-state index contributed by atoms with van der Waals surface area (Å²) in [6.45, 7) is -0.526. The molecule has 136 valence electrons.